The van der Waals surface area contributed by atoms with E-state index in [2.05, 4.69) is 10.3 Å². The van der Waals surface area contributed by atoms with Crippen LogP contribution < -0.4 is 5.32 Å². The zero-order valence-corrected chi connectivity index (χ0v) is 10.8. The van der Waals surface area contributed by atoms with Crippen LogP contribution in [0.5, 0.6) is 0 Å². The standard InChI is InChI=1S/C15H18N2O/c1-3-11(4-2)15(18)17-14-7-5-6-12-10-16-9-8-13(12)14/h5-11H,3-4H2,1-2H3,(H,17,18). The summed E-state index contributed by atoms with van der Waals surface area (Å²) in [7, 11) is 0. The minimum Gasteiger partial charge on any atom is -0.325 e. The van der Waals surface area contributed by atoms with Crippen LogP contribution >= 0.6 is 0 Å². The maximum absolute atomic E-state index is 12.1. The van der Waals surface area contributed by atoms with Crippen LogP contribution in [0.2, 0.25) is 0 Å². The molecule has 1 aromatic carbocycles. The molecule has 0 aliphatic rings. The third-order valence-electron chi connectivity index (χ3n) is 3.29. The Balaban J connectivity index is 2.29. The van der Waals surface area contributed by atoms with Gasteiger partial charge in [0.1, 0.15) is 0 Å². The van der Waals surface area contributed by atoms with Crippen LogP contribution in [0.3, 0.4) is 0 Å². The summed E-state index contributed by atoms with van der Waals surface area (Å²) in [6.45, 7) is 4.08. The highest BCUT2D eigenvalue weighted by Crippen LogP contribution is 2.23. The Hall–Kier alpha value is -1.90. The smallest absolute Gasteiger partial charge is 0.227 e. The van der Waals surface area contributed by atoms with Gasteiger partial charge in [0.15, 0.2) is 0 Å². The Morgan fingerprint density at radius 2 is 2.06 bits per heavy atom. The van der Waals surface area contributed by atoms with E-state index in [-0.39, 0.29) is 11.8 Å². The monoisotopic (exact) mass is 242 g/mol. The van der Waals surface area contributed by atoms with Crippen molar-refractivity contribution in [2.45, 2.75) is 26.7 Å². The first-order valence-corrected chi connectivity index (χ1v) is 6.39. The summed E-state index contributed by atoms with van der Waals surface area (Å²) in [4.78, 5) is 16.2. The van der Waals surface area contributed by atoms with Gasteiger partial charge in [0.25, 0.3) is 0 Å². The van der Waals surface area contributed by atoms with Crippen molar-refractivity contribution in [2.75, 3.05) is 5.32 Å². The van der Waals surface area contributed by atoms with Crippen molar-refractivity contribution < 1.29 is 4.79 Å². The summed E-state index contributed by atoms with van der Waals surface area (Å²) in [6.07, 6.45) is 5.29. The van der Waals surface area contributed by atoms with E-state index in [0.29, 0.717) is 0 Å². The van der Waals surface area contributed by atoms with Crippen LogP contribution in [0.15, 0.2) is 36.7 Å². The molecule has 0 unspecified atom stereocenters. The Morgan fingerprint density at radius 1 is 1.28 bits per heavy atom. The molecule has 2 aromatic rings. The second-order valence-electron chi connectivity index (χ2n) is 4.41. The van der Waals surface area contributed by atoms with E-state index in [1.165, 1.54) is 0 Å². The molecule has 1 aromatic heterocycles. The third kappa shape index (κ3) is 2.50. The number of carbonyl (C=O) groups excluding carboxylic acids is 1. The van der Waals surface area contributed by atoms with Gasteiger partial charge in [-0.1, -0.05) is 26.0 Å². The highest BCUT2D eigenvalue weighted by Gasteiger charge is 2.14. The number of hydrogen-bond donors (Lipinski definition) is 1. The Bertz CT molecular complexity index is 542. The lowest BCUT2D eigenvalue weighted by atomic mass is 10.0. The van der Waals surface area contributed by atoms with Gasteiger partial charge >= 0.3 is 0 Å². The molecule has 1 N–H and O–H groups in total. The molecule has 0 fully saturated rings. The maximum Gasteiger partial charge on any atom is 0.227 e. The quantitative estimate of drug-likeness (QED) is 0.889. The number of fused-ring (bicyclic) bond motifs is 1. The molecule has 0 saturated carbocycles. The van der Waals surface area contributed by atoms with E-state index in [1.54, 1.807) is 6.20 Å². The summed E-state index contributed by atoms with van der Waals surface area (Å²) < 4.78 is 0. The fourth-order valence-corrected chi connectivity index (χ4v) is 2.13. The highest BCUT2D eigenvalue weighted by atomic mass is 16.1. The molecule has 0 aliphatic carbocycles. The van der Waals surface area contributed by atoms with Gasteiger partial charge in [-0.2, -0.15) is 0 Å². The van der Waals surface area contributed by atoms with Gasteiger partial charge in [-0.15, -0.1) is 0 Å². The lowest BCUT2D eigenvalue weighted by Gasteiger charge is -2.14. The Morgan fingerprint density at radius 3 is 2.78 bits per heavy atom. The molecule has 3 nitrogen and oxygen atoms in total. The fraction of sp³-hybridized carbons (Fsp3) is 0.333. The van der Waals surface area contributed by atoms with Crippen molar-refractivity contribution in [1.29, 1.82) is 0 Å². The molecule has 18 heavy (non-hydrogen) atoms. The molecule has 3 heteroatoms. The Labute approximate surface area is 107 Å². The van der Waals surface area contributed by atoms with Gasteiger partial charge in [-0.3, -0.25) is 9.78 Å². The lowest BCUT2D eigenvalue weighted by Crippen LogP contribution is -2.21. The maximum atomic E-state index is 12.1. The van der Waals surface area contributed by atoms with Crippen LogP contribution in [-0.4, -0.2) is 10.9 Å². The summed E-state index contributed by atoms with van der Waals surface area (Å²) >= 11 is 0. The van der Waals surface area contributed by atoms with Gasteiger partial charge in [-0.05, 0) is 25.0 Å². The second kappa shape index (κ2) is 5.63. The van der Waals surface area contributed by atoms with Gasteiger partial charge < -0.3 is 5.32 Å². The number of benzene rings is 1. The number of amides is 1. The fourth-order valence-electron chi connectivity index (χ4n) is 2.13. The number of nitrogens with one attached hydrogen (secondary N) is 1. The van der Waals surface area contributed by atoms with E-state index >= 15 is 0 Å². The number of carbonyl (C=O) groups is 1. The number of hydrogen-bond acceptors (Lipinski definition) is 2. The van der Waals surface area contributed by atoms with Crippen LogP contribution in [-0.2, 0) is 4.79 Å². The molecule has 0 atom stereocenters. The Kier molecular flexibility index (Phi) is 3.92. The number of aromatic nitrogens is 1. The van der Waals surface area contributed by atoms with Gasteiger partial charge in [0.2, 0.25) is 5.91 Å². The number of nitrogens with zero attached hydrogens (tertiary/aromatic N) is 1. The predicted octanol–water partition coefficient (Wildman–Crippen LogP) is 3.61. The van der Waals surface area contributed by atoms with Crippen molar-refractivity contribution in [3.05, 3.63) is 36.7 Å². The van der Waals surface area contributed by atoms with Crippen LogP contribution in [0.4, 0.5) is 5.69 Å². The molecule has 0 radical (unpaired) electrons. The van der Waals surface area contributed by atoms with Gasteiger partial charge in [-0.25, -0.2) is 0 Å². The summed E-state index contributed by atoms with van der Waals surface area (Å²) in [5.41, 5.74) is 0.867. The SMILES string of the molecule is CCC(CC)C(=O)Nc1cccc2cnccc12. The topological polar surface area (TPSA) is 42.0 Å². The number of rotatable bonds is 4. The molecule has 94 valence electrons. The number of pyridine rings is 1. The molecule has 2 rings (SSSR count). The zero-order chi connectivity index (χ0) is 13.0. The average Bonchev–Trinajstić information content (AvgIpc) is 2.40. The molecule has 0 aliphatic heterocycles. The number of anilines is 1. The van der Waals surface area contributed by atoms with E-state index in [0.717, 1.165) is 29.3 Å². The molecule has 0 saturated heterocycles. The van der Waals surface area contributed by atoms with Crippen LogP contribution in [0, 0.1) is 5.92 Å². The molecule has 1 amide bonds. The van der Waals surface area contributed by atoms with Crippen molar-refractivity contribution in [2.24, 2.45) is 5.92 Å². The minimum absolute atomic E-state index is 0.0853. The van der Waals surface area contributed by atoms with E-state index in [9.17, 15) is 4.79 Å². The zero-order valence-electron chi connectivity index (χ0n) is 10.8. The molecular formula is C15H18N2O. The largest absolute Gasteiger partial charge is 0.325 e. The van der Waals surface area contributed by atoms with E-state index < -0.39 is 0 Å². The highest BCUT2D eigenvalue weighted by molar-refractivity contribution is 6.02. The molecule has 0 bridgehead atoms. The van der Waals surface area contributed by atoms with Crippen molar-refractivity contribution in [3.8, 4) is 0 Å². The third-order valence-corrected chi connectivity index (χ3v) is 3.29. The van der Waals surface area contributed by atoms with Gasteiger partial charge in [0.05, 0.1) is 0 Å². The van der Waals surface area contributed by atoms with Gasteiger partial charge in [0, 0.05) is 34.8 Å². The molecule has 1 heterocycles. The average molecular weight is 242 g/mol. The second-order valence-corrected chi connectivity index (χ2v) is 4.41. The van der Waals surface area contributed by atoms with E-state index in [1.807, 2.05) is 44.3 Å². The van der Waals surface area contributed by atoms with Crippen molar-refractivity contribution >= 4 is 22.4 Å². The summed E-state index contributed by atoms with van der Waals surface area (Å²) in [5, 5.41) is 5.10. The first-order chi connectivity index (χ1) is 8.76. The first-order valence-electron chi connectivity index (χ1n) is 6.39. The minimum atomic E-state index is 0.0853. The van der Waals surface area contributed by atoms with Crippen molar-refractivity contribution in [1.82, 2.24) is 4.98 Å². The summed E-state index contributed by atoms with van der Waals surface area (Å²) in [5.74, 6) is 0.186. The molecular weight excluding hydrogens is 224 g/mol. The molecule has 0 spiro atoms. The lowest BCUT2D eigenvalue weighted by molar-refractivity contribution is -0.120. The normalized spacial score (nSPS) is 10.8. The van der Waals surface area contributed by atoms with Crippen LogP contribution in [0.1, 0.15) is 26.7 Å². The predicted molar refractivity (Wildman–Crippen MR) is 74.4 cm³/mol. The van der Waals surface area contributed by atoms with Crippen molar-refractivity contribution in [3.63, 3.8) is 0 Å². The van der Waals surface area contributed by atoms with E-state index in [4.69, 9.17) is 0 Å². The summed E-state index contributed by atoms with van der Waals surface area (Å²) in [6, 6.07) is 7.79. The van der Waals surface area contributed by atoms with Crippen LogP contribution in [0.25, 0.3) is 10.8 Å². The first kappa shape index (κ1) is 12.6.